The number of Topliss-reactive ketones (excluding diaryl/α,β-unsaturated/α-hetero) is 1. The molecular weight excluding hydrogens is 309 g/mol. The lowest BCUT2D eigenvalue weighted by atomic mass is 9.82. The predicted molar refractivity (Wildman–Crippen MR) is 65.3 cm³/mol. The minimum absolute atomic E-state index is 0.105. The van der Waals surface area contributed by atoms with Crippen LogP contribution < -0.4 is 0 Å². The van der Waals surface area contributed by atoms with Gasteiger partial charge in [0.2, 0.25) is 5.92 Å². The van der Waals surface area contributed by atoms with E-state index in [9.17, 15) is 18.0 Å². The molecule has 0 bridgehead atoms. The van der Waals surface area contributed by atoms with Gasteiger partial charge in [0.1, 0.15) is 5.82 Å². The van der Waals surface area contributed by atoms with E-state index in [0.29, 0.717) is 17.3 Å². The maximum Gasteiger partial charge on any atom is 0.248 e. The van der Waals surface area contributed by atoms with Crippen LogP contribution in [-0.4, -0.2) is 11.7 Å². The lowest BCUT2D eigenvalue weighted by Gasteiger charge is -2.28. The molecule has 0 heterocycles. The van der Waals surface area contributed by atoms with Gasteiger partial charge in [-0.15, -0.1) is 0 Å². The summed E-state index contributed by atoms with van der Waals surface area (Å²) in [6.45, 7) is 0. The number of benzene rings is 1. The molecule has 2 rings (SSSR count). The fourth-order valence-corrected chi connectivity index (χ4v) is 2.66. The van der Waals surface area contributed by atoms with Gasteiger partial charge in [-0.05, 0) is 31.0 Å². The molecular formula is C13H12BrF3O. The number of hydrogen-bond acceptors (Lipinski definition) is 1. The number of hydrogen-bond donors (Lipinski definition) is 0. The molecule has 1 unspecified atom stereocenters. The Hall–Kier alpha value is -0.840. The van der Waals surface area contributed by atoms with E-state index in [-0.39, 0.29) is 12.0 Å². The number of rotatable bonds is 2. The molecule has 1 aliphatic carbocycles. The van der Waals surface area contributed by atoms with Crippen molar-refractivity contribution in [3.8, 4) is 0 Å². The third-order valence-corrected chi connectivity index (χ3v) is 3.70. The van der Waals surface area contributed by atoms with Crippen molar-refractivity contribution in [1.29, 1.82) is 0 Å². The van der Waals surface area contributed by atoms with Gasteiger partial charge in [0, 0.05) is 23.2 Å². The number of ketones is 1. The van der Waals surface area contributed by atoms with Crippen LogP contribution in [0, 0.1) is 11.7 Å². The standard InChI is InChI=1S/C13H12BrF3O/c14-9-3-4-11(15)10(6-9)12(18)8-2-1-5-13(16,17)7-8/h3-4,6,8H,1-2,5,7H2. The average molecular weight is 321 g/mol. The molecule has 0 N–H and O–H groups in total. The molecule has 1 atom stereocenters. The van der Waals surface area contributed by atoms with Gasteiger partial charge >= 0.3 is 0 Å². The van der Waals surface area contributed by atoms with Gasteiger partial charge in [0.15, 0.2) is 5.78 Å². The molecule has 98 valence electrons. The van der Waals surface area contributed by atoms with Crippen molar-refractivity contribution in [2.24, 2.45) is 5.92 Å². The molecule has 0 radical (unpaired) electrons. The summed E-state index contributed by atoms with van der Waals surface area (Å²) in [5.41, 5.74) is -0.105. The van der Waals surface area contributed by atoms with Crippen LogP contribution in [-0.2, 0) is 0 Å². The Kier molecular flexibility index (Phi) is 3.80. The average Bonchev–Trinajstić information content (AvgIpc) is 2.30. The van der Waals surface area contributed by atoms with E-state index >= 15 is 0 Å². The van der Waals surface area contributed by atoms with Crippen LogP contribution in [0.2, 0.25) is 0 Å². The van der Waals surface area contributed by atoms with E-state index in [2.05, 4.69) is 15.9 Å². The highest BCUT2D eigenvalue weighted by molar-refractivity contribution is 9.10. The number of halogens is 4. The van der Waals surface area contributed by atoms with Crippen LogP contribution in [0.4, 0.5) is 13.2 Å². The summed E-state index contributed by atoms with van der Waals surface area (Å²) >= 11 is 3.14. The molecule has 1 aromatic carbocycles. The molecule has 0 aliphatic heterocycles. The summed E-state index contributed by atoms with van der Waals surface area (Å²) in [5.74, 6) is -4.76. The minimum atomic E-state index is -2.80. The van der Waals surface area contributed by atoms with Gasteiger partial charge in [0.25, 0.3) is 0 Å². The highest BCUT2D eigenvalue weighted by atomic mass is 79.9. The fraction of sp³-hybridized carbons (Fsp3) is 0.462. The lowest BCUT2D eigenvalue weighted by Crippen LogP contribution is -2.31. The van der Waals surface area contributed by atoms with Crippen molar-refractivity contribution >= 4 is 21.7 Å². The second kappa shape index (κ2) is 5.03. The van der Waals surface area contributed by atoms with E-state index in [4.69, 9.17) is 0 Å². The zero-order chi connectivity index (χ0) is 13.3. The van der Waals surface area contributed by atoms with Gasteiger partial charge in [-0.1, -0.05) is 15.9 Å². The first-order chi connectivity index (χ1) is 8.39. The first kappa shape index (κ1) is 13.6. The van der Waals surface area contributed by atoms with E-state index in [0.717, 1.165) is 6.07 Å². The van der Waals surface area contributed by atoms with Crippen molar-refractivity contribution in [1.82, 2.24) is 0 Å². The summed E-state index contributed by atoms with van der Waals surface area (Å²) in [7, 11) is 0. The third-order valence-electron chi connectivity index (χ3n) is 3.20. The van der Waals surface area contributed by atoms with E-state index in [1.165, 1.54) is 12.1 Å². The highest BCUT2D eigenvalue weighted by Crippen LogP contribution is 2.38. The summed E-state index contributed by atoms with van der Waals surface area (Å²) in [4.78, 5) is 12.1. The Bertz CT molecular complexity index is 473. The van der Waals surface area contributed by atoms with Crippen molar-refractivity contribution in [2.45, 2.75) is 31.6 Å². The second-order valence-corrected chi connectivity index (χ2v) is 5.55. The van der Waals surface area contributed by atoms with Gasteiger partial charge in [0.05, 0.1) is 5.56 Å². The topological polar surface area (TPSA) is 17.1 Å². The Morgan fingerprint density at radius 3 is 2.78 bits per heavy atom. The van der Waals surface area contributed by atoms with Crippen molar-refractivity contribution < 1.29 is 18.0 Å². The Balaban J connectivity index is 2.23. The van der Waals surface area contributed by atoms with Gasteiger partial charge in [-0.3, -0.25) is 4.79 Å². The largest absolute Gasteiger partial charge is 0.294 e. The molecule has 0 aromatic heterocycles. The Morgan fingerprint density at radius 1 is 1.39 bits per heavy atom. The smallest absolute Gasteiger partial charge is 0.248 e. The number of alkyl halides is 2. The molecule has 0 spiro atoms. The van der Waals surface area contributed by atoms with Crippen LogP contribution in [0.15, 0.2) is 22.7 Å². The molecule has 1 aliphatic rings. The molecule has 0 saturated heterocycles. The maximum absolute atomic E-state index is 13.5. The van der Waals surface area contributed by atoms with Crippen LogP contribution in [0.3, 0.4) is 0 Å². The Morgan fingerprint density at radius 2 is 2.11 bits per heavy atom. The van der Waals surface area contributed by atoms with E-state index in [1.807, 2.05) is 0 Å². The molecule has 1 aromatic rings. The highest BCUT2D eigenvalue weighted by Gasteiger charge is 2.39. The lowest BCUT2D eigenvalue weighted by molar-refractivity contribution is -0.0478. The minimum Gasteiger partial charge on any atom is -0.294 e. The van der Waals surface area contributed by atoms with E-state index in [1.54, 1.807) is 0 Å². The first-order valence-corrected chi connectivity index (χ1v) is 6.55. The van der Waals surface area contributed by atoms with E-state index < -0.39 is 29.9 Å². The van der Waals surface area contributed by atoms with Gasteiger partial charge in [-0.2, -0.15) is 0 Å². The molecule has 1 saturated carbocycles. The van der Waals surface area contributed by atoms with Gasteiger partial charge in [-0.25, -0.2) is 13.2 Å². The van der Waals surface area contributed by atoms with Gasteiger partial charge < -0.3 is 0 Å². The fourth-order valence-electron chi connectivity index (χ4n) is 2.30. The van der Waals surface area contributed by atoms with Crippen molar-refractivity contribution in [3.05, 3.63) is 34.1 Å². The normalized spacial score (nSPS) is 22.8. The molecule has 0 amide bonds. The number of carbonyl (C=O) groups is 1. The summed E-state index contributed by atoms with van der Waals surface area (Å²) in [6.07, 6.45) is 0.0505. The zero-order valence-corrected chi connectivity index (χ0v) is 11.1. The first-order valence-electron chi connectivity index (χ1n) is 5.76. The SMILES string of the molecule is O=C(c1cc(Br)ccc1F)C1CCCC(F)(F)C1. The summed E-state index contributed by atoms with van der Waals surface area (Å²) in [5, 5.41) is 0. The second-order valence-electron chi connectivity index (χ2n) is 4.64. The quantitative estimate of drug-likeness (QED) is 0.728. The molecule has 1 nitrogen and oxygen atoms in total. The van der Waals surface area contributed by atoms with Crippen LogP contribution in [0.25, 0.3) is 0 Å². The molecule has 5 heteroatoms. The van der Waals surface area contributed by atoms with Crippen LogP contribution in [0.1, 0.15) is 36.0 Å². The zero-order valence-electron chi connectivity index (χ0n) is 9.56. The van der Waals surface area contributed by atoms with Crippen LogP contribution >= 0.6 is 15.9 Å². The van der Waals surface area contributed by atoms with Crippen LogP contribution in [0.5, 0.6) is 0 Å². The number of carbonyl (C=O) groups excluding carboxylic acids is 1. The van der Waals surface area contributed by atoms with Crippen molar-refractivity contribution in [2.75, 3.05) is 0 Å². The Labute approximate surface area is 112 Å². The summed E-state index contributed by atoms with van der Waals surface area (Å²) < 4.78 is 40.6. The molecule has 1 fully saturated rings. The maximum atomic E-state index is 13.5. The third kappa shape index (κ3) is 2.94. The van der Waals surface area contributed by atoms with Crippen molar-refractivity contribution in [3.63, 3.8) is 0 Å². The summed E-state index contributed by atoms with van der Waals surface area (Å²) in [6, 6.07) is 3.99. The molecule has 18 heavy (non-hydrogen) atoms. The predicted octanol–water partition coefficient (Wildman–Crippen LogP) is 4.60. The monoisotopic (exact) mass is 320 g/mol.